The Bertz CT molecular complexity index is 827. The third-order valence-electron chi connectivity index (χ3n) is 3.66. The fourth-order valence-corrected chi connectivity index (χ4v) is 2.53. The Labute approximate surface area is 155 Å². The molecule has 0 saturated heterocycles. The van der Waals surface area contributed by atoms with Gasteiger partial charge in [-0.15, -0.1) is 0 Å². The smallest absolute Gasteiger partial charge is 0.340 e. The molecule has 3 rings (SSSR count). The fraction of sp³-hybridized carbons (Fsp3) is 0.222. The molecule has 0 radical (unpaired) electrons. The van der Waals surface area contributed by atoms with Gasteiger partial charge in [-0.05, 0) is 30.3 Å². The Morgan fingerprint density at radius 2 is 2.00 bits per heavy atom. The molecule has 0 bridgehead atoms. The van der Waals surface area contributed by atoms with Gasteiger partial charge < -0.3 is 25.3 Å². The number of para-hydroxylation sites is 2. The number of carbonyl (C=O) groups is 2. The zero-order chi connectivity index (χ0) is 18.5. The molecule has 1 atom stereocenters. The SMILES string of the molecule is Nc1ccc(Cl)cc1C(=O)OCC(=O)NC[C@@H]1COc2ccccc2O1. The first kappa shape index (κ1) is 17.9. The van der Waals surface area contributed by atoms with Crippen molar-refractivity contribution in [3.63, 3.8) is 0 Å². The molecule has 7 nitrogen and oxygen atoms in total. The molecular formula is C18H17ClN2O5. The molecule has 1 heterocycles. The molecule has 1 aliphatic heterocycles. The second kappa shape index (κ2) is 7.97. The van der Waals surface area contributed by atoms with Crippen LogP contribution in [0.4, 0.5) is 5.69 Å². The van der Waals surface area contributed by atoms with E-state index in [2.05, 4.69) is 5.32 Å². The lowest BCUT2D eigenvalue weighted by molar-refractivity contribution is -0.124. The van der Waals surface area contributed by atoms with Crippen LogP contribution >= 0.6 is 11.6 Å². The zero-order valence-corrected chi connectivity index (χ0v) is 14.5. The summed E-state index contributed by atoms with van der Waals surface area (Å²) in [5.74, 6) is 0.122. The Morgan fingerprint density at radius 1 is 1.23 bits per heavy atom. The number of carbonyl (C=O) groups excluding carboxylic acids is 2. The Morgan fingerprint density at radius 3 is 2.81 bits per heavy atom. The third kappa shape index (κ3) is 4.37. The zero-order valence-electron chi connectivity index (χ0n) is 13.7. The summed E-state index contributed by atoms with van der Waals surface area (Å²) in [4.78, 5) is 23.9. The summed E-state index contributed by atoms with van der Waals surface area (Å²) in [6, 6.07) is 11.7. The second-order valence-electron chi connectivity index (χ2n) is 5.61. The van der Waals surface area contributed by atoms with E-state index in [1.807, 2.05) is 18.2 Å². The average molecular weight is 377 g/mol. The molecule has 2 aromatic carbocycles. The lowest BCUT2D eigenvalue weighted by Gasteiger charge is -2.26. The van der Waals surface area contributed by atoms with Gasteiger partial charge in [0.25, 0.3) is 5.91 Å². The van der Waals surface area contributed by atoms with Gasteiger partial charge in [-0.25, -0.2) is 4.79 Å². The van der Waals surface area contributed by atoms with E-state index in [9.17, 15) is 9.59 Å². The van der Waals surface area contributed by atoms with E-state index in [-0.39, 0.29) is 23.9 Å². The number of nitrogen functional groups attached to an aromatic ring is 1. The topological polar surface area (TPSA) is 99.9 Å². The first-order valence-corrected chi connectivity index (χ1v) is 8.28. The third-order valence-corrected chi connectivity index (χ3v) is 3.90. The van der Waals surface area contributed by atoms with Gasteiger partial charge in [0.2, 0.25) is 0 Å². The molecule has 3 N–H and O–H groups in total. The van der Waals surface area contributed by atoms with Crippen LogP contribution in [-0.2, 0) is 9.53 Å². The van der Waals surface area contributed by atoms with Gasteiger partial charge in [0, 0.05) is 10.7 Å². The summed E-state index contributed by atoms with van der Waals surface area (Å²) in [7, 11) is 0. The van der Waals surface area contributed by atoms with Crippen molar-refractivity contribution >= 4 is 29.2 Å². The van der Waals surface area contributed by atoms with Crippen LogP contribution in [0, 0.1) is 0 Å². The number of ether oxygens (including phenoxy) is 3. The summed E-state index contributed by atoms with van der Waals surface area (Å²) in [5.41, 5.74) is 6.05. The van der Waals surface area contributed by atoms with E-state index in [4.69, 9.17) is 31.5 Å². The van der Waals surface area contributed by atoms with Crippen molar-refractivity contribution in [2.75, 3.05) is 25.5 Å². The maximum atomic E-state index is 12.0. The van der Waals surface area contributed by atoms with Crippen LogP contribution in [0.25, 0.3) is 0 Å². The Hall–Kier alpha value is -2.93. The highest BCUT2D eigenvalue weighted by molar-refractivity contribution is 6.31. The van der Waals surface area contributed by atoms with Gasteiger partial charge in [0.1, 0.15) is 12.7 Å². The lowest BCUT2D eigenvalue weighted by atomic mass is 10.2. The van der Waals surface area contributed by atoms with Crippen LogP contribution in [0.5, 0.6) is 11.5 Å². The molecule has 136 valence electrons. The number of benzene rings is 2. The minimum Gasteiger partial charge on any atom is -0.486 e. The highest BCUT2D eigenvalue weighted by Gasteiger charge is 2.21. The minimum absolute atomic E-state index is 0.117. The van der Waals surface area contributed by atoms with Crippen LogP contribution < -0.4 is 20.5 Å². The van der Waals surface area contributed by atoms with Gasteiger partial charge in [-0.3, -0.25) is 4.79 Å². The number of hydrogen-bond acceptors (Lipinski definition) is 6. The van der Waals surface area contributed by atoms with Crippen LogP contribution in [0.1, 0.15) is 10.4 Å². The molecule has 0 aromatic heterocycles. The van der Waals surface area contributed by atoms with Crippen LogP contribution in [-0.4, -0.2) is 37.7 Å². The lowest BCUT2D eigenvalue weighted by Crippen LogP contribution is -2.42. The van der Waals surface area contributed by atoms with Crippen LogP contribution in [0.3, 0.4) is 0 Å². The number of hydrogen-bond donors (Lipinski definition) is 2. The van der Waals surface area contributed by atoms with E-state index in [0.717, 1.165) is 0 Å². The molecule has 1 aliphatic rings. The van der Waals surface area contributed by atoms with E-state index >= 15 is 0 Å². The van der Waals surface area contributed by atoms with E-state index in [1.165, 1.54) is 12.1 Å². The van der Waals surface area contributed by atoms with Crippen molar-refractivity contribution < 1.29 is 23.8 Å². The number of esters is 1. The maximum Gasteiger partial charge on any atom is 0.340 e. The molecule has 0 fully saturated rings. The van der Waals surface area contributed by atoms with Crippen molar-refractivity contribution in [2.24, 2.45) is 0 Å². The molecule has 0 saturated carbocycles. The quantitative estimate of drug-likeness (QED) is 0.612. The molecule has 0 unspecified atom stereocenters. The molecule has 1 amide bonds. The van der Waals surface area contributed by atoms with Crippen molar-refractivity contribution in [3.8, 4) is 11.5 Å². The summed E-state index contributed by atoms with van der Waals surface area (Å²) in [5, 5.41) is 2.99. The molecule has 26 heavy (non-hydrogen) atoms. The Balaban J connectivity index is 1.45. The molecule has 0 spiro atoms. The minimum atomic E-state index is -0.716. The number of rotatable bonds is 5. The largest absolute Gasteiger partial charge is 0.486 e. The van der Waals surface area contributed by atoms with Gasteiger partial charge >= 0.3 is 5.97 Å². The van der Waals surface area contributed by atoms with Gasteiger partial charge in [0.05, 0.1) is 12.1 Å². The molecule has 0 aliphatic carbocycles. The maximum absolute atomic E-state index is 12.0. The first-order chi connectivity index (χ1) is 12.5. The standard InChI is InChI=1S/C18H17ClN2O5/c19-11-5-6-14(20)13(7-11)18(23)25-10-17(22)21-8-12-9-24-15-3-1-2-4-16(15)26-12/h1-7,12H,8-10,20H2,(H,21,22)/t12-/m1/s1. The van der Waals surface area contributed by atoms with Crippen molar-refractivity contribution in [3.05, 3.63) is 53.1 Å². The number of anilines is 1. The monoisotopic (exact) mass is 376 g/mol. The number of fused-ring (bicyclic) bond motifs is 1. The number of amides is 1. The second-order valence-corrected chi connectivity index (χ2v) is 6.05. The van der Waals surface area contributed by atoms with E-state index < -0.39 is 18.5 Å². The average Bonchev–Trinajstić information content (AvgIpc) is 2.66. The fourth-order valence-electron chi connectivity index (χ4n) is 2.36. The summed E-state index contributed by atoms with van der Waals surface area (Å²) < 4.78 is 16.2. The number of nitrogens with one attached hydrogen (secondary N) is 1. The molecular weight excluding hydrogens is 360 g/mol. The summed E-state index contributed by atoms with van der Waals surface area (Å²) >= 11 is 5.83. The molecule has 2 aromatic rings. The number of nitrogens with two attached hydrogens (primary N) is 1. The van der Waals surface area contributed by atoms with Gasteiger partial charge in [-0.2, -0.15) is 0 Å². The van der Waals surface area contributed by atoms with Crippen molar-refractivity contribution in [2.45, 2.75) is 6.10 Å². The highest BCUT2D eigenvalue weighted by atomic mass is 35.5. The summed E-state index contributed by atoms with van der Waals surface area (Å²) in [6.07, 6.45) is -0.326. The summed E-state index contributed by atoms with van der Waals surface area (Å²) in [6.45, 7) is 0.106. The van der Waals surface area contributed by atoms with Gasteiger partial charge in [-0.1, -0.05) is 23.7 Å². The van der Waals surface area contributed by atoms with E-state index in [0.29, 0.717) is 23.1 Å². The highest BCUT2D eigenvalue weighted by Crippen LogP contribution is 2.30. The predicted octanol–water partition coefficient (Wildman–Crippen LogP) is 2.04. The number of halogens is 1. The Kier molecular flexibility index (Phi) is 5.48. The van der Waals surface area contributed by atoms with Crippen molar-refractivity contribution in [1.29, 1.82) is 0 Å². The predicted molar refractivity (Wildman–Crippen MR) is 95.5 cm³/mol. The molecule has 8 heteroatoms. The normalized spacial score (nSPS) is 15.2. The van der Waals surface area contributed by atoms with Crippen LogP contribution in [0.15, 0.2) is 42.5 Å². The van der Waals surface area contributed by atoms with Crippen molar-refractivity contribution in [1.82, 2.24) is 5.32 Å². The first-order valence-electron chi connectivity index (χ1n) is 7.90. The van der Waals surface area contributed by atoms with Gasteiger partial charge in [0.15, 0.2) is 18.1 Å². The van der Waals surface area contributed by atoms with E-state index in [1.54, 1.807) is 12.1 Å². The van der Waals surface area contributed by atoms with Crippen LogP contribution in [0.2, 0.25) is 5.02 Å².